The summed E-state index contributed by atoms with van der Waals surface area (Å²) in [6.07, 6.45) is 26.9. The van der Waals surface area contributed by atoms with Crippen LogP contribution in [0.3, 0.4) is 0 Å². The Hall–Kier alpha value is -1.32. The number of aldehydes is 1. The second-order valence-electron chi connectivity index (χ2n) is 6.13. The average Bonchev–Trinajstić information content (AvgIpc) is 3.10. The second kappa shape index (κ2) is 17.1. The summed E-state index contributed by atoms with van der Waals surface area (Å²) in [6.45, 7) is 2.27. The Kier molecular flexibility index (Phi) is 15.0. The molecule has 26 heavy (non-hydrogen) atoms. The van der Waals surface area contributed by atoms with Gasteiger partial charge in [0.15, 0.2) is 0 Å². The molecule has 0 N–H and O–H groups in total. The molecule has 1 rings (SSSR count). The Morgan fingerprint density at radius 2 is 1.42 bits per heavy atom. The predicted molar refractivity (Wildman–Crippen MR) is 120 cm³/mol. The molecule has 0 amide bonds. The average molecular weight is 389 g/mol. The van der Waals surface area contributed by atoms with Crippen molar-refractivity contribution in [1.29, 1.82) is 0 Å². The number of rotatable bonds is 15. The Labute approximate surface area is 168 Å². The molecule has 142 valence electrons. The van der Waals surface area contributed by atoms with Crippen molar-refractivity contribution in [3.05, 3.63) is 59.5 Å². The normalized spacial score (nSPS) is 12.3. The lowest BCUT2D eigenvalue weighted by atomic mass is 10.1. The van der Waals surface area contributed by atoms with Gasteiger partial charge < -0.3 is 0 Å². The summed E-state index contributed by atoms with van der Waals surface area (Å²) in [5.74, 6) is 1.23. The van der Waals surface area contributed by atoms with E-state index in [1.165, 1.54) is 72.3 Å². The van der Waals surface area contributed by atoms with Gasteiger partial charge in [-0.3, -0.25) is 4.79 Å². The highest BCUT2D eigenvalue weighted by Gasteiger charge is 1.98. The molecule has 3 heteroatoms. The van der Waals surface area contributed by atoms with Crippen molar-refractivity contribution in [2.24, 2.45) is 0 Å². The van der Waals surface area contributed by atoms with Crippen molar-refractivity contribution in [2.45, 2.75) is 62.5 Å². The molecule has 0 aliphatic carbocycles. The highest BCUT2D eigenvalue weighted by Crippen LogP contribution is 2.29. The number of unbranched alkanes of at least 4 members (excludes halogenated alkanes) is 7. The summed E-state index contributed by atoms with van der Waals surface area (Å²) in [7, 11) is 0. The molecular weight excluding hydrogens is 356 g/mol. The first-order chi connectivity index (χ1) is 12.9. The van der Waals surface area contributed by atoms with E-state index >= 15 is 0 Å². The molecule has 0 aromatic carbocycles. The van der Waals surface area contributed by atoms with Gasteiger partial charge in [-0.05, 0) is 36.5 Å². The first-order valence-electron chi connectivity index (χ1n) is 9.71. The van der Waals surface area contributed by atoms with E-state index in [9.17, 15) is 4.79 Å². The lowest BCUT2D eigenvalue weighted by Crippen LogP contribution is -1.82. The Morgan fingerprint density at radius 3 is 2.12 bits per heavy atom. The van der Waals surface area contributed by atoms with Crippen LogP contribution in [0, 0.1) is 0 Å². The van der Waals surface area contributed by atoms with Gasteiger partial charge in [-0.1, -0.05) is 88.3 Å². The van der Waals surface area contributed by atoms with E-state index in [1.54, 1.807) is 6.08 Å². The van der Waals surface area contributed by atoms with Gasteiger partial charge in [0.2, 0.25) is 0 Å². The fourth-order valence-electron chi connectivity index (χ4n) is 2.43. The summed E-state index contributed by atoms with van der Waals surface area (Å²) < 4.78 is 1.41. The maximum Gasteiger partial charge on any atom is 0.142 e. The largest absolute Gasteiger partial charge is 0.299 e. The van der Waals surface area contributed by atoms with E-state index in [0.29, 0.717) is 0 Å². The van der Waals surface area contributed by atoms with E-state index in [2.05, 4.69) is 25.1 Å². The van der Waals surface area contributed by atoms with Gasteiger partial charge in [0.05, 0.1) is 4.21 Å². The maximum atomic E-state index is 10.1. The molecule has 0 saturated carbocycles. The van der Waals surface area contributed by atoms with Gasteiger partial charge in [-0.15, -0.1) is 23.1 Å². The lowest BCUT2D eigenvalue weighted by Gasteiger charge is -2.01. The molecule has 0 aliphatic rings. The number of carbonyl (C=O) groups is 1. The summed E-state index contributed by atoms with van der Waals surface area (Å²) in [5, 5.41) is 0. The minimum Gasteiger partial charge on any atom is -0.299 e. The van der Waals surface area contributed by atoms with Crippen LogP contribution in [0.5, 0.6) is 0 Å². The molecule has 0 saturated heterocycles. The van der Waals surface area contributed by atoms with Gasteiger partial charge in [0.25, 0.3) is 0 Å². The Bertz CT molecular complexity index is 579. The molecule has 0 bridgehead atoms. The van der Waals surface area contributed by atoms with Crippen molar-refractivity contribution >= 4 is 35.5 Å². The summed E-state index contributed by atoms with van der Waals surface area (Å²) in [5.41, 5.74) is 0. The van der Waals surface area contributed by atoms with E-state index < -0.39 is 0 Å². The second-order valence-corrected chi connectivity index (χ2v) is 8.64. The van der Waals surface area contributed by atoms with Crippen molar-refractivity contribution in [2.75, 3.05) is 5.75 Å². The molecule has 0 fully saturated rings. The Balaban J connectivity index is 2.12. The van der Waals surface area contributed by atoms with Gasteiger partial charge in [0, 0.05) is 4.88 Å². The van der Waals surface area contributed by atoms with Crippen LogP contribution in [0.15, 0.2) is 58.9 Å². The van der Waals surface area contributed by atoms with Crippen LogP contribution in [0.4, 0.5) is 0 Å². The molecule has 0 radical (unpaired) electrons. The van der Waals surface area contributed by atoms with Gasteiger partial charge in [-0.2, -0.15) is 0 Å². The monoisotopic (exact) mass is 388 g/mol. The number of hydrogen-bond acceptors (Lipinski definition) is 3. The van der Waals surface area contributed by atoms with Crippen molar-refractivity contribution in [3.8, 4) is 0 Å². The molecular formula is C23H32OS2. The summed E-state index contributed by atoms with van der Waals surface area (Å²) in [6, 6.07) is 4.42. The van der Waals surface area contributed by atoms with Crippen molar-refractivity contribution in [3.63, 3.8) is 0 Å². The zero-order valence-electron chi connectivity index (χ0n) is 15.9. The van der Waals surface area contributed by atoms with Crippen molar-refractivity contribution in [1.82, 2.24) is 0 Å². The molecule has 1 heterocycles. The maximum absolute atomic E-state index is 10.1. The minimum absolute atomic E-state index is 0.773. The summed E-state index contributed by atoms with van der Waals surface area (Å²) >= 11 is 3.85. The van der Waals surface area contributed by atoms with Gasteiger partial charge >= 0.3 is 0 Å². The van der Waals surface area contributed by atoms with Crippen LogP contribution in [-0.4, -0.2) is 12.0 Å². The number of thioether (sulfide) groups is 1. The molecule has 1 aromatic heterocycles. The fraction of sp³-hybridized carbons (Fsp3) is 0.435. The minimum atomic E-state index is 0.773. The summed E-state index contributed by atoms with van der Waals surface area (Å²) in [4.78, 5) is 11.4. The molecule has 0 atom stereocenters. The molecule has 1 nitrogen and oxygen atoms in total. The van der Waals surface area contributed by atoms with Crippen molar-refractivity contribution < 1.29 is 4.79 Å². The first kappa shape index (κ1) is 22.7. The topological polar surface area (TPSA) is 17.1 Å². The quantitative estimate of drug-likeness (QED) is 0.0999. The third kappa shape index (κ3) is 13.0. The predicted octanol–water partition coefficient (Wildman–Crippen LogP) is 7.86. The van der Waals surface area contributed by atoms with E-state index in [1.807, 2.05) is 53.5 Å². The fourth-order valence-corrected chi connectivity index (χ4v) is 4.57. The van der Waals surface area contributed by atoms with Crippen LogP contribution in [0.1, 0.15) is 63.2 Å². The van der Waals surface area contributed by atoms with Crippen LogP contribution in [0.2, 0.25) is 0 Å². The smallest absolute Gasteiger partial charge is 0.142 e. The van der Waals surface area contributed by atoms with Crippen LogP contribution in [-0.2, 0) is 4.79 Å². The standard InChI is InChI=1S/C23H32OS2/c1-2-3-4-5-6-10-13-16-21-25-23-19-18-22(26-23)17-14-11-8-7-9-12-15-20-24/h7-9,11-12,14-15,17-20H,2-6,10,13,16,21H2,1H3/b9-7+,11-8+,15-12+,17-14+. The van der Waals surface area contributed by atoms with E-state index in [0.717, 1.165) is 6.29 Å². The number of thiophene rings is 1. The number of allylic oxidation sites excluding steroid dienone is 7. The van der Waals surface area contributed by atoms with Crippen LogP contribution < -0.4 is 0 Å². The van der Waals surface area contributed by atoms with Gasteiger partial charge in [0.1, 0.15) is 6.29 Å². The zero-order chi connectivity index (χ0) is 18.7. The van der Waals surface area contributed by atoms with E-state index in [4.69, 9.17) is 0 Å². The lowest BCUT2D eigenvalue weighted by molar-refractivity contribution is -0.104. The SMILES string of the molecule is CCCCCCCCCCSc1ccc(/C=C/C=C/C=C/C=C/C=O)s1. The molecule has 0 unspecified atom stereocenters. The third-order valence-corrected chi connectivity index (χ3v) is 6.21. The molecule has 0 spiro atoms. The van der Waals surface area contributed by atoms with Crippen LogP contribution in [0.25, 0.3) is 6.08 Å². The first-order valence-corrected chi connectivity index (χ1v) is 11.5. The number of hydrogen-bond donors (Lipinski definition) is 0. The zero-order valence-corrected chi connectivity index (χ0v) is 17.6. The molecule has 1 aromatic rings. The highest BCUT2D eigenvalue weighted by molar-refractivity contribution is 8.01. The Morgan fingerprint density at radius 1 is 0.808 bits per heavy atom. The van der Waals surface area contributed by atoms with Crippen LogP contribution >= 0.6 is 23.1 Å². The van der Waals surface area contributed by atoms with Gasteiger partial charge in [-0.25, -0.2) is 0 Å². The highest BCUT2D eigenvalue weighted by atomic mass is 32.2. The third-order valence-electron chi connectivity index (χ3n) is 3.85. The number of carbonyl (C=O) groups excluding carboxylic acids is 1. The van der Waals surface area contributed by atoms with E-state index in [-0.39, 0.29) is 0 Å². The molecule has 0 aliphatic heterocycles.